The van der Waals surface area contributed by atoms with Crippen LogP contribution in [0.4, 0.5) is 0 Å². The van der Waals surface area contributed by atoms with Crippen LogP contribution >= 0.6 is 0 Å². The zero-order valence-corrected chi connectivity index (χ0v) is 10.7. The molecule has 1 N–H and O–H groups in total. The third-order valence-electron chi connectivity index (χ3n) is 3.08. The van der Waals surface area contributed by atoms with Crippen molar-refractivity contribution < 1.29 is 0 Å². The van der Waals surface area contributed by atoms with Gasteiger partial charge in [0.15, 0.2) is 0 Å². The van der Waals surface area contributed by atoms with Crippen molar-refractivity contribution in [3.8, 4) is 11.1 Å². The Kier molecular flexibility index (Phi) is 3.60. The number of hydrogen-bond acceptors (Lipinski definition) is 1. The van der Waals surface area contributed by atoms with Crippen LogP contribution in [0, 0.1) is 13.8 Å². The summed E-state index contributed by atoms with van der Waals surface area (Å²) in [6.07, 6.45) is 0. The Labute approximate surface area is 103 Å². The standard InChI is InChI=1S/C16H19N/c1-12-6-4-7-13(2)16(12)15-9-5-8-14(10-15)11-17-3/h4-10,17H,11H2,1-3H3. The first kappa shape index (κ1) is 11.9. The first-order valence-electron chi connectivity index (χ1n) is 6.02. The molecule has 0 saturated heterocycles. The second-order valence-electron chi connectivity index (χ2n) is 4.50. The van der Waals surface area contributed by atoms with E-state index in [0.717, 1.165) is 6.54 Å². The minimum absolute atomic E-state index is 0.915. The average molecular weight is 225 g/mol. The van der Waals surface area contributed by atoms with Gasteiger partial charge in [-0.05, 0) is 54.8 Å². The van der Waals surface area contributed by atoms with Gasteiger partial charge in [-0.25, -0.2) is 0 Å². The largest absolute Gasteiger partial charge is 0.316 e. The second kappa shape index (κ2) is 5.15. The van der Waals surface area contributed by atoms with E-state index in [0.29, 0.717) is 0 Å². The van der Waals surface area contributed by atoms with E-state index in [1.165, 1.54) is 27.8 Å². The predicted octanol–water partition coefficient (Wildman–Crippen LogP) is 3.69. The van der Waals surface area contributed by atoms with Crippen LogP contribution in [0.2, 0.25) is 0 Å². The van der Waals surface area contributed by atoms with E-state index in [9.17, 15) is 0 Å². The van der Waals surface area contributed by atoms with Gasteiger partial charge >= 0.3 is 0 Å². The van der Waals surface area contributed by atoms with E-state index in [-0.39, 0.29) is 0 Å². The predicted molar refractivity (Wildman–Crippen MR) is 74.1 cm³/mol. The molecular weight excluding hydrogens is 206 g/mol. The van der Waals surface area contributed by atoms with Gasteiger partial charge in [0.05, 0.1) is 0 Å². The molecule has 1 heteroatoms. The van der Waals surface area contributed by atoms with Gasteiger partial charge < -0.3 is 5.32 Å². The van der Waals surface area contributed by atoms with E-state index >= 15 is 0 Å². The first-order chi connectivity index (χ1) is 8.22. The molecule has 0 fully saturated rings. The summed E-state index contributed by atoms with van der Waals surface area (Å²) < 4.78 is 0. The van der Waals surface area contributed by atoms with Crippen LogP contribution in [0.1, 0.15) is 16.7 Å². The van der Waals surface area contributed by atoms with Crippen LogP contribution in [0.15, 0.2) is 42.5 Å². The Morgan fingerprint density at radius 2 is 1.59 bits per heavy atom. The lowest BCUT2D eigenvalue weighted by atomic mass is 9.95. The number of benzene rings is 2. The minimum atomic E-state index is 0.915. The third kappa shape index (κ3) is 2.56. The molecule has 2 aromatic carbocycles. The van der Waals surface area contributed by atoms with Crippen molar-refractivity contribution in [1.29, 1.82) is 0 Å². The second-order valence-corrected chi connectivity index (χ2v) is 4.50. The molecule has 2 aromatic rings. The van der Waals surface area contributed by atoms with Gasteiger partial charge in [-0.2, -0.15) is 0 Å². The highest BCUT2D eigenvalue weighted by Crippen LogP contribution is 2.27. The number of aryl methyl sites for hydroxylation is 2. The van der Waals surface area contributed by atoms with E-state index in [4.69, 9.17) is 0 Å². The lowest BCUT2D eigenvalue weighted by Gasteiger charge is -2.11. The van der Waals surface area contributed by atoms with E-state index in [1.54, 1.807) is 0 Å². The van der Waals surface area contributed by atoms with Crippen molar-refractivity contribution in [2.24, 2.45) is 0 Å². The molecule has 0 aliphatic rings. The van der Waals surface area contributed by atoms with Crippen LogP contribution in [-0.4, -0.2) is 7.05 Å². The lowest BCUT2D eigenvalue weighted by molar-refractivity contribution is 0.818. The summed E-state index contributed by atoms with van der Waals surface area (Å²) in [5.74, 6) is 0. The highest BCUT2D eigenvalue weighted by atomic mass is 14.8. The molecular formula is C16H19N. The summed E-state index contributed by atoms with van der Waals surface area (Å²) in [6.45, 7) is 5.26. The maximum absolute atomic E-state index is 3.19. The van der Waals surface area contributed by atoms with Crippen LogP contribution in [-0.2, 0) is 6.54 Å². The Hall–Kier alpha value is -1.60. The molecule has 0 bridgehead atoms. The van der Waals surface area contributed by atoms with Gasteiger partial charge in [0.25, 0.3) is 0 Å². The summed E-state index contributed by atoms with van der Waals surface area (Å²) in [7, 11) is 1.98. The molecule has 1 nitrogen and oxygen atoms in total. The summed E-state index contributed by atoms with van der Waals surface area (Å²) >= 11 is 0. The number of rotatable bonds is 3. The van der Waals surface area contributed by atoms with Crippen LogP contribution in [0.25, 0.3) is 11.1 Å². The van der Waals surface area contributed by atoms with Crippen LogP contribution in [0.3, 0.4) is 0 Å². The molecule has 0 heterocycles. The molecule has 0 aromatic heterocycles. The molecule has 17 heavy (non-hydrogen) atoms. The SMILES string of the molecule is CNCc1cccc(-c2c(C)cccc2C)c1. The van der Waals surface area contributed by atoms with Crippen LogP contribution in [0.5, 0.6) is 0 Å². The zero-order valence-electron chi connectivity index (χ0n) is 10.7. The van der Waals surface area contributed by atoms with Crippen molar-refractivity contribution in [2.45, 2.75) is 20.4 Å². The highest BCUT2D eigenvalue weighted by Gasteiger charge is 2.05. The highest BCUT2D eigenvalue weighted by molar-refractivity contribution is 5.71. The molecule has 0 spiro atoms. The lowest BCUT2D eigenvalue weighted by Crippen LogP contribution is -2.04. The average Bonchev–Trinajstić information content (AvgIpc) is 2.30. The van der Waals surface area contributed by atoms with Crippen molar-refractivity contribution >= 4 is 0 Å². The Morgan fingerprint density at radius 3 is 2.24 bits per heavy atom. The maximum atomic E-state index is 3.19. The van der Waals surface area contributed by atoms with Gasteiger partial charge in [-0.1, -0.05) is 36.4 Å². The molecule has 0 aliphatic carbocycles. The number of hydrogen-bond donors (Lipinski definition) is 1. The topological polar surface area (TPSA) is 12.0 Å². The Bertz CT molecular complexity index is 494. The van der Waals surface area contributed by atoms with E-state index in [1.807, 2.05) is 7.05 Å². The molecule has 0 aliphatic heterocycles. The van der Waals surface area contributed by atoms with Gasteiger partial charge in [0, 0.05) is 6.54 Å². The van der Waals surface area contributed by atoms with E-state index < -0.39 is 0 Å². The quantitative estimate of drug-likeness (QED) is 0.840. The Morgan fingerprint density at radius 1 is 0.941 bits per heavy atom. The van der Waals surface area contributed by atoms with Crippen molar-refractivity contribution in [2.75, 3.05) is 7.05 Å². The summed E-state index contributed by atoms with van der Waals surface area (Å²) in [6, 6.07) is 15.2. The van der Waals surface area contributed by atoms with Gasteiger partial charge in [-0.3, -0.25) is 0 Å². The third-order valence-corrected chi connectivity index (χ3v) is 3.08. The van der Waals surface area contributed by atoms with Gasteiger partial charge in [0.2, 0.25) is 0 Å². The van der Waals surface area contributed by atoms with Crippen molar-refractivity contribution in [3.05, 3.63) is 59.2 Å². The van der Waals surface area contributed by atoms with Gasteiger partial charge in [0.1, 0.15) is 0 Å². The Balaban J connectivity index is 2.49. The maximum Gasteiger partial charge on any atom is 0.0202 e. The molecule has 0 saturated carbocycles. The van der Waals surface area contributed by atoms with Crippen molar-refractivity contribution in [1.82, 2.24) is 5.32 Å². The minimum Gasteiger partial charge on any atom is -0.316 e. The summed E-state index contributed by atoms with van der Waals surface area (Å²) in [4.78, 5) is 0. The number of nitrogens with one attached hydrogen (secondary N) is 1. The van der Waals surface area contributed by atoms with Gasteiger partial charge in [-0.15, -0.1) is 0 Å². The smallest absolute Gasteiger partial charge is 0.0202 e. The fraction of sp³-hybridized carbons (Fsp3) is 0.250. The zero-order chi connectivity index (χ0) is 12.3. The molecule has 2 rings (SSSR count). The molecule has 0 amide bonds. The van der Waals surface area contributed by atoms with Crippen molar-refractivity contribution in [3.63, 3.8) is 0 Å². The van der Waals surface area contributed by atoms with Crippen LogP contribution < -0.4 is 5.32 Å². The molecule has 0 atom stereocenters. The fourth-order valence-electron chi connectivity index (χ4n) is 2.31. The normalized spacial score (nSPS) is 10.5. The molecule has 0 radical (unpaired) electrons. The van der Waals surface area contributed by atoms with E-state index in [2.05, 4.69) is 61.6 Å². The fourth-order valence-corrected chi connectivity index (χ4v) is 2.31. The monoisotopic (exact) mass is 225 g/mol. The summed E-state index contributed by atoms with van der Waals surface area (Å²) in [5.41, 5.74) is 6.68. The first-order valence-corrected chi connectivity index (χ1v) is 6.02. The molecule has 88 valence electrons. The molecule has 0 unspecified atom stereocenters. The summed E-state index contributed by atoms with van der Waals surface area (Å²) in [5, 5.41) is 3.19.